The number of nitrogens with two attached hydrogens (primary N) is 1. The van der Waals surface area contributed by atoms with E-state index < -0.39 is 0 Å². The van der Waals surface area contributed by atoms with E-state index in [0.29, 0.717) is 6.61 Å². The molecule has 0 saturated heterocycles. The van der Waals surface area contributed by atoms with Gasteiger partial charge in [0.2, 0.25) is 0 Å². The molecule has 4 rings (SSSR count). The van der Waals surface area contributed by atoms with Gasteiger partial charge < -0.3 is 14.9 Å². The molecule has 106 valence electrons. The number of benzene rings is 1. The number of hydrogen-bond donors (Lipinski definition) is 1. The van der Waals surface area contributed by atoms with Gasteiger partial charge in [-0.25, -0.2) is 4.98 Å². The van der Waals surface area contributed by atoms with Crippen LogP contribution in [0.3, 0.4) is 0 Å². The Balaban J connectivity index is 1.51. The molecule has 0 bridgehead atoms. The Hall–Kier alpha value is -2.33. The summed E-state index contributed by atoms with van der Waals surface area (Å²) in [5.41, 5.74) is 10.5. The predicted molar refractivity (Wildman–Crippen MR) is 81.2 cm³/mol. The first-order valence-corrected chi connectivity index (χ1v) is 7.23. The van der Waals surface area contributed by atoms with Crippen LogP contribution >= 0.6 is 0 Å². The van der Waals surface area contributed by atoms with Crippen LogP contribution in [-0.2, 0) is 13.0 Å². The van der Waals surface area contributed by atoms with Crippen LogP contribution in [0.15, 0.2) is 48.8 Å². The van der Waals surface area contributed by atoms with Gasteiger partial charge in [0.1, 0.15) is 18.0 Å². The van der Waals surface area contributed by atoms with Crippen molar-refractivity contribution in [3.8, 4) is 5.75 Å². The van der Waals surface area contributed by atoms with Gasteiger partial charge >= 0.3 is 0 Å². The van der Waals surface area contributed by atoms with Crippen LogP contribution in [0.5, 0.6) is 5.75 Å². The zero-order valence-electron chi connectivity index (χ0n) is 11.7. The molecule has 3 aromatic rings. The molecule has 0 fully saturated rings. The Labute approximate surface area is 123 Å². The topological polar surface area (TPSA) is 52.5 Å². The lowest BCUT2D eigenvalue weighted by Gasteiger charge is -2.08. The molecule has 0 saturated carbocycles. The summed E-state index contributed by atoms with van der Waals surface area (Å²) in [5, 5.41) is 0. The average Bonchev–Trinajstić information content (AvgIpc) is 3.08. The monoisotopic (exact) mass is 279 g/mol. The van der Waals surface area contributed by atoms with Crippen LogP contribution in [0, 0.1) is 0 Å². The van der Waals surface area contributed by atoms with Gasteiger partial charge in [-0.2, -0.15) is 0 Å². The van der Waals surface area contributed by atoms with E-state index in [-0.39, 0.29) is 6.04 Å². The van der Waals surface area contributed by atoms with Crippen LogP contribution < -0.4 is 10.5 Å². The molecule has 0 amide bonds. The molecule has 21 heavy (non-hydrogen) atoms. The normalized spacial score (nSPS) is 17.1. The predicted octanol–water partition coefficient (Wildman–Crippen LogP) is 2.86. The Morgan fingerprint density at radius 1 is 1.29 bits per heavy atom. The fraction of sp³-hybridized carbons (Fsp3) is 0.235. The van der Waals surface area contributed by atoms with Crippen molar-refractivity contribution >= 4 is 5.65 Å². The van der Waals surface area contributed by atoms with Gasteiger partial charge in [0, 0.05) is 18.4 Å². The van der Waals surface area contributed by atoms with Gasteiger partial charge in [0.05, 0.1) is 5.69 Å². The van der Waals surface area contributed by atoms with E-state index in [4.69, 9.17) is 10.5 Å². The summed E-state index contributed by atoms with van der Waals surface area (Å²) >= 11 is 0. The zero-order chi connectivity index (χ0) is 14.2. The van der Waals surface area contributed by atoms with Crippen molar-refractivity contribution in [1.82, 2.24) is 9.38 Å². The second-order valence-electron chi connectivity index (χ2n) is 5.49. The van der Waals surface area contributed by atoms with Crippen molar-refractivity contribution in [2.75, 3.05) is 0 Å². The molecule has 1 aromatic carbocycles. The fourth-order valence-corrected chi connectivity index (χ4v) is 2.93. The number of ether oxygens (including phenoxy) is 1. The molecule has 1 aliphatic rings. The Kier molecular flexibility index (Phi) is 2.89. The van der Waals surface area contributed by atoms with Crippen LogP contribution in [0.2, 0.25) is 0 Å². The minimum atomic E-state index is 0.187. The zero-order valence-corrected chi connectivity index (χ0v) is 11.7. The first kappa shape index (κ1) is 12.4. The van der Waals surface area contributed by atoms with E-state index >= 15 is 0 Å². The van der Waals surface area contributed by atoms with Gasteiger partial charge in [-0.1, -0.05) is 12.1 Å². The lowest BCUT2D eigenvalue weighted by Crippen LogP contribution is -2.05. The number of imidazole rings is 1. The lowest BCUT2D eigenvalue weighted by molar-refractivity contribution is 0.302. The van der Waals surface area contributed by atoms with Gasteiger partial charge in [0.15, 0.2) is 0 Å². The molecule has 2 aromatic heterocycles. The summed E-state index contributed by atoms with van der Waals surface area (Å²) in [5.74, 6) is 0.889. The van der Waals surface area contributed by atoms with Crippen LogP contribution in [0.4, 0.5) is 0 Å². The Morgan fingerprint density at radius 3 is 3.14 bits per heavy atom. The number of aromatic nitrogens is 2. The Bertz CT molecular complexity index is 761. The van der Waals surface area contributed by atoms with Crippen LogP contribution in [0.1, 0.15) is 29.3 Å². The Morgan fingerprint density at radius 2 is 2.24 bits per heavy atom. The highest BCUT2D eigenvalue weighted by atomic mass is 16.5. The largest absolute Gasteiger partial charge is 0.487 e. The van der Waals surface area contributed by atoms with Crippen molar-refractivity contribution in [3.05, 3.63) is 65.6 Å². The summed E-state index contributed by atoms with van der Waals surface area (Å²) in [6.45, 7) is 0.479. The van der Waals surface area contributed by atoms with Crippen molar-refractivity contribution in [3.63, 3.8) is 0 Å². The van der Waals surface area contributed by atoms with Gasteiger partial charge in [-0.3, -0.25) is 0 Å². The number of rotatable bonds is 3. The molecular weight excluding hydrogens is 262 g/mol. The molecule has 1 atom stereocenters. The summed E-state index contributed by atoms with van der Waals surface area (Å²) in [6.07, 6.45) is 6.06. The van der Waals surface area contributed by atoms with Gasteiger partial charge in [-0.15, -0.1) is 0 Å². The van der Waals surface area contributed by atoms with Crippen molar-refractivity contribution in [2.24, 2.45) is 5.73 Å². The number of nitrogens with zero attached hydrogens (tertiary/aromatic N) is 2. The van der Waals surface area contributed by atoms with E-state index in [9.17, 15) is 0 Å². The van der Waals surface area contributed by atoms with E-state index in [1.807, 2.05) is 41.1 Å². The summed E-state index contributed by atoms with van der Waals surface area (Å²) < 4.78 is 7.87. The van der Waals surface area contributed by atoms with Crippen molar-refractivity contribution in [1.29, 1.82) is 0 Å². The van der Waals surface area contributed by atoms with Crippen molar-refractivity contribution in [2.45, 2.75) is 25.5 Å². The van der Waals surface area contributed by atoms with Gasteiger partial charge in [0.25, 0.3) is 0 Å². The second-order valence-corrected chi connectivity index (χ2v) is 5.49. The minimum Gasteiger partial charge on any atom is -0.487 e. The van der Waals surface area contributed by atoms with Gasteiger partial charge in [-0.05, 0) is 48.2 Å². The highest BCUT2D eigenvalue weighted by Gasteiger charge is 2.19. The van der Waals surface area contributed by atoms with E-state index in [1.54, 1.807) is 0 Å². The van der Waals surface area contributed by atoms with E-state index in [1.165, 1.54) is 11.1 Å². The van der Waals surface area contributed by atoms with Crippen molar-refractivity contribution < 1.29 is 4.74 Å². The molecule has 4 heteroatoms. The fourth-order valence-electron chi connectivity index (χ4n) is 2.93. The molecule has 0 radical (unpaired) electrons. The molecule has 2 N–H and O–H groups in total. The average molecular weight is 279 g/mol. The SMILES string of the molecule is NC1CCc2cc(OCc3cn4ccccc4n3)ccc21. The lowest BCUT2D eigenvalue weighted by atomic mass is 10.1. The van der Waals surface area contributed by atoms with Crippen LogP contribution in [-0.4, -0.2) is 9.38 Å². The summed E-state index contributed by atoms with van der Waals surface area (Å²) in [7, 11) is 0. The number of fused-ring (bicyclic) bond motifs is 2. The highest BCUT2D eigenvalue weighted by molar-refractivity contribution is 5.41. The number of hydrogen-bond acceptors (Lipinski definition) is 3. The third kappa shape index (κ3) is 2.28. The maximum absolute atomic E-state index is 6.05. The number of pyridine rings is 1. The van der Waals surface area contributed by atoms with Crippen LogP contribution in [0.25, 0.3) is 5.65 Å². The van der Waals surface area contributed by atoms with E-state index in [0.717, 1.165) is 29.9 Å². The third-order valence-electron chi connectivity index (χ3n) is 4.04. The molecule has 0 aliphatic heterocycles. The first-order valence-electron chi connectivity index (χ1n) is 7.23. The molecule has 0 spiro atoms. The minimum absolute atomic E-state index is 0.187. The van der Waals surface area contributed by atoms with E-state index in [2.05, 4.69) is 17.1 Å². The summed E-state index contributed by atoms with van der Waals surface area (Å²) in [6, 6.07) is 12.3. The second kappa shape index (κ2) is 4.90. The maximum Gasteiger partial charge on any atom is 0.137 e. The maximum atomic E-state index is 6.05. The molecule has 2 heterocycles. The smallest absolute Gasteiger partial charge is 0.137 e. The molecular formula is C17H17N3O. The molecule has 4 nitrogen and oxygen atoms in total. The third-order valence-corrected chi connectivity index (χ3v) is 4.04. The quantitative estimate of drug-likeness (QED) is 0.802. The number of aryl methyl sites for hydroxylation is 1. The first-order chi connectivity index (χ1) is 10.3. The highest BCUT2D eigenvalue weighted by Crippen LogP contribution is 2.32. The molecule has 1 aliphatic carbocycles. The standard InChI is InChI=1S/C17H17N3O/c18-16-7-4-12-9-14(5-6-15(12)16)21-11-13-10-20-8-2-1-3-17(20)19-13/h1-3,5-6,8-10,16H,4,7,11,18H2. The summed E-state index contributed by atoms with van der Waals surface area (Å²) in [4.78, 5) is 4.53. The molecule has 1 unspecified atom stereocenters.